The minimum atomic E-state index is -0.594. The van der Waals surface area contributed by atoms with Crippen molar-refractivity contribution in [2.24, 2.45) is 0 Å². The maximum Gasteiger partial charge on any atom is 0.0861 e. The molecule has 5 heteroatoms. The minimum Gasteiger partial charge on any atom is -0.394 e. The second kappa shape index (κ2) is 6.03. The number of rotatable bonds is 5. The Bertz CT molecular complexity index is 252. The molecule has 0 bridgehead atoms. The number of halogens is 1. The predicted molar refractivity (Wildman–Crippen MR) is 61.3 cm³/mol. The molecule has 0 aliphatic rings. The van der Waals surface area contributed by atoms with Gasteiger partial charge in [-0.25, -0.2) is 0 Å². The van der Waals surface area contributed by atoms with Crippen LogP contribution in [-0.4, -0.2) is 28.7 Å². The van der Waals surface area contributed by atoms with Gasteiger partial charge >= 0.3 is 0 Å². The fourth-order valence-electron chi connectivity index (χ4n) is 0.768. The molecule has 0 spiro atoms. The van der Waals surface area contributed by atoms with Gasteiger partial charge in [-0.15, -0.1) is 11.3 Å². The van der Waals surface area contributed by atoms with Crippen molar-refractivity contribution in [3.8, 4) is 0 Å². The van der Waals surface area contributed by atoms with E-state index in [1.807, 2.05) is 11.4 Å². The Hall–Kier alpha value is 0.450. The Kier molecular flexibility index (Phi) is 5.35. The lowest BCUT2D eigenvalue weighted by atomic mass is 10.4. The van der Waals surface area contributed by atoms with E-state index in [1.54, 1.807) is 23.1 Å². The third-order valence-corrected chi connectivity index (χ3v) is 4.67. The number of hydrogen-bond acceptors (Lipinski definition) is 4. The highest BCUT2D eigenvalue weighted by atomic mass is 79.9. The molecule has 74 valence electrons. The van der Waals surface area contributed by atoms with Gasteiger partial charge in [-0.05, 0) is 27.4 Å². The number of aliphatic hydroxyl groups excluding tert-OH is 2. The van der Waals surface area contributed by atoms with E-state index in [4.69, 9.17) is 10.2 Å². The first kappa shape index (κ1) is 11.5. The van der Waals surface area contributed by atoms with Gasteiger partial charge in [0.05, 0.1) is 12.7 Å². The molecular weight excluding hydrogens is 272 g/mol. The molecule has 1 aromatic rings. The monoisotopic (exact) mass is 282 g/mol. The van der Waals surface area contributed by atoms with Crippen LogP contribution in [0.15, 0.2) is 15.9 Å². The molecule has 2 N–H and O–H groups in total. The van der Waals surface area contributed by atoms with E-state index in [9.17, 15) is 0 Å². The van der Waals surface area contributed by atoms with Crippen molar-refractivity contribution in [3.05, 3.63) is 20.8 Å². The molecule has 0 amide bonds. The van der Waals surface area contributed by atoms with Gasteiger partial charge in [0, 0.05) is 20.9 Å². The average Bonchev–Trinajstić information content (AvgIpc) is 2.52. The summed E-state index contributed by atoms with van der Waals surface area (Å²) in [5.74, 6) is 1.47. The smallest absolute Gasteiger partial charge is 0.0861 e. The summed E-state index contributed by atoms with van der Waals surface area (Å²) in [4.78, 5) is 1.27. The number of aliphatic hydroxyl groups is 2. The molecule has 0 aliphatic carbocycles. The van der Waals surface area contributed by atoms with E-state index in [0.29, 0.717) is 5.75 Å². The van der Waals surface area contributed by atoms with Crippen LogP contribution in [-0.2, 0) is 5.75 Å². The number of hydrogen-bond donors (Lipinski definition) is 2. The molecule has 13 heavy (non-hydrogen) atoms. The SMILES string of the molecule is OC[C@H](O)CSCc1sccc1Br. The summed E-state index contributed by atoms with van der Waals surface area (Å²) in [6, 6.07) is 2.02. The average molecular weight is 283 g/mol. The van der Waals surface area contributed by atoms with Crippen molar-refractivity contribution in [2.75, 3.05) is 12.4 Å². The van der Waals surface area contributed by atoms with Gasteiger partial charge in [-0.1, -0.05) is 0 Å². The molecular formula is C8H11BrO2S2. The first-order chi connectivity index (χ1) is 6.24. The third kappa shape index (κ3) is 3.99. The molecule has 1 atom stereocenters. The summed E-state index contributed by atoms with van der Waals surface area (Å²) in [6.45, 7) is -0.154. The zero-order chi connectivity index (χ0) is 9.68. The van der Waals surface area contributed by atoms with E-state index < -0.39 is 6.10 Å². The highest BCUT2D eigenvalue weighted by Crippen LogP contribution is 2.26. The Morgan fingerprint density at radius 1 is 1.62 bits per heavy atom. The zero-order valence-electron chi connectivity index (χ0n) is 6.94. The molecule has 2 nitrogen and oxygen atoms in total. The van der Waals surface area contributed by atoms with Crippen LogP contribution in [0.1, 0.15) is 4.88 Å². The maximum absolute atomic E-state index is 9.08. The Balaban J connectivity index is 2.24. The molecule has 0 aromatic carbocycles. The maximum atomic E-state index is 9.08. The summed E-state index contributed by atoms with van der Waals surface area (Å²) in [5, 5.41) is 19.7. The highest BCUT2D eigenvalue weighted by molar-refractivity contribution is 9.10. The van der Waals surface area contributed by atoms with E-state index in [2.05, 4.69) is 15.9 Å². The number of thiophene rings is 1. The first-order valence-corrected chi connectivity index (χ1v) is 6.65. The van der Waals surface area contributed by atoms with E-state index >= 15 is 0 Å². The highest BCUT2D eigenvalue weighted by Gasteiger charge is 2.04. The lowest BCUT2D eigenvalue weighted by molar-refractivity contribution is 0.113. The second-order valence-corrected chi connectivity index (χ2v) is 5.43. The summed E-state index contributed by atoms with van der Waals surface area (Å²) in [7, 11) is 0. The van der Waals surface area contributed by atoms with E-state index in [-0.39, 0.29) is 6.61 Å². The van der Waals surface area contributed by atoms with Gasteiger partial charge in [0.25, 0.3) is 0 Å². The van der Waals surface area contributed by atoms with Crippen LogP contribution in [0.4, 0.5) is 0 Å². The normalized spacial score (nSPS) is 13.2. The van der Waals surface area contributed by atoms with Crippen LogP contribution in [0, 0.1) is 0 Å². The second-order valence-electron chi connectivity index (χ2n) is 2.54. The molecule has 1 aromatic heterocycles. The molecule has 0 radical (unpaired) electrons. The summed E-state index contributed by atoms with van der Waals surface area (Å²) in [6.07, 6.45) is -0.594. The van der Waals surface area contributed by atoms with Crippen molar-refractivity contribution >= 4 is 39.0 Å². The lowest BCUT2D eigenvalue weighted by Crippen LogP contribution is -2.14. The molecule has 0 saturated carbocycles. The molecule has 1 heterocycles. The molecule has 0 unspecified atom stereocenters. The Labute approximate surface area is 94.1 Å². The topological polar surface area (TPSA) is 40.5 Å². The fourth-order valence-corrected chi connectivity index (χ4v) is 3.59. The zero-order valence-corrected chi connectivity index (χ0v) is 10.2. The van der Waals surface area contributed by atoms with Crippen LogP contribution >= 0.6 is 39.0 Å². The predicted octanol–water partition coefficient (Wildman–Crippen LogP) is 2.10. The van der Waals surface area contributed by atoms with Crippen molar-refractivity contribution in [1.29, 1.82) is 0 Å². The largest absolute Gasteiger partial charge is 0.394 e. The fraction of sp³-hybridized carbons (Fsp3) is 0.500. The Morgan fingerprint density at radius 2 is 2.38 bits per heavy atom. The van der Waals surface area contributed by atoms with Crippen LogP contribution in [0.2, 0.25) is 0 Å². The van der Waals surface area contributed by atoms with Gasteiger partial charge in [0.15, 0.2) is 0 Å². The third-order valence-electron chi connectivity index (χ3n) is 1.45. The van der Waals surface area contributed by atoms with E-state index in [0.717, 1.165) is 10.2 Å². The summed E-state index contributed by atoms with van der Waals surface area (Å²) >= 11 is 6.76. The Morgan fingerprint density at radius 3 is 2.92 bits per heavy atom. The van der Waals surface area contributed by atoms with Gasteiger partial charge in [0.2, 0.25) is 0 Å². The standard InChI is InChI=1S/C8H11BrO2S2/c9-7-1-2-13-8(7)5-12-4-6(11)3-10/h1-2,6,10-11H,3-5H2/t6-/m0/s1. The van der Waals surface area contributed by atoms with Gasteiger partial charge in [0.1, 0.15) is 0 Å². The molecule has 0 fully saturated rings. The number of thioether (sulfide) groups is 1. The minimum absolute atomic E-state index is 0.154. The lowest BCUT2D eigenvalue weighted by Gasteiger charge is -2.05. The van der Waals surface area contributed by atoms with Gasteiger partial charge in [-0.2, -0.15) is 11.8 Å². The van der Waals surface area contributed by atoms with Crippen LogP contribution in [0.25, 0.3) is 0 Å². The molecule has 1 rings (SSSR count). The van der Waals surface area contributed by atoms with Crippen molar-refractivity contribution in [3.63, 3.8) is 0 Å². The van der Waals surface area contributed by atoms with Crippen LogP contribution < -0.4 is 0 Å². The van der Waals surface area contributed by atoms with Gasteiger partial charge < -0.3 is 10.2 Å². The quantitative estimate of drug-likeness (QED) is 0.869. The first-order valence-electron chi connectivity index (χ1n) is 3.82. The van der Waals surface area contributed by atoms with Crippen molar-refractivity contribution in [2.45, 2.75) is 11.9 Å². The summed E-state index contributed by atoms with van der Waals surface area (Å²) < 4.78 is 1.13. The summed E-state index contributed by atoms with van der Waals surface area (Å²) in [5.41, 5.74) is 0. The van der Waals surface area contributed by atoms with Crippen LogP contribution in [0.5, 0.6) is 0 Å². The van der Waals surface area contributed by atoms with Gasteiger partial charge in [-0.3, -0.25) is 0 Å². The molecule has 0 aliphatic heterocycles. The van der Waals surface area contributed by atoms with Crippen LogP contribution in [0.3, 0.4) is 0 Å². The van der Waals surface area contributed by atoms with Crippen molar-refractivity contribution < 1.29 is 10.2 Å². The van der Waals surface area contributed by atoms with E-state index in [1.165, 1.54) is 4.88 Å². The molecule has 0 saturated heterocycles. The van der Waals surface area contributed by atoms with Crippen molar-refractivity contribution in [1.82, 2.24) is 0 Å².